The largest absolute Gasteiger partial charge is 0.465 e. The summed E-state index contributed by atoms with van der Waals surface area (Å²) < 4.78 is 5.42. The predicted octanol–water partition coefficient (Wildman–Crippen LogP) is 5.25. The lowest BCUT2D eigenvalue weighted by atomic mass is 9.72. The van der Waals surface area contributed by atoms with Crippen LogP contribution in [0.1, 0.15) is 62.4 Å². The Labute approximate surface area is 182 Å². The second-order valence-corrected chi connectivity index (χ2v) is 9.42. The van der Waals surface area contributed by atoms with Gasteiger partial charge in [-0.15, -0.1) is 0 Å². The Kier molecular flexibility index (Phi) is 5.35. The van der Waals surface area contributed by atoms with Crippen LogP contribution < -0.4 is 5.73 Å². The zero-order valence-electron chi connectivity index (χ0n) is 18.0. The van der Waals surface area contributed by atoms with Crippen LogP contribution >= 0.6 is 11.6 Å². The number of rotatable bonds is 3. The predicted molar refractivity (Wildman–Crippen MR) is 121 cm³/mol. The summed E-state index contributed by atoms with van der Waals surface area (Å²) >= 11 is 6.61. The molecule has 0 radical (unpaired) electrons. The molecular weight excluding hydrogens is 398 g/mol. The van der Waals surface area contributed by atoms with Crippen LogP contribution in [-0.2, 0) is 22.4 Å². The van der Waals surface area contributed by atoms with E-state index in [1.807, 2.05) is 31.2 Å². The third kappa shape index (κ3) is 3.49. The molecule has 2 unspecified atom stereocenters. The first kappa shape index (κ1) is 20.9. The van der Waals surface area contributed by atoms with E-state index < -0.39 is 5.92 Å². The Morgan fingerprint density at radius 3 is 2.77 bits per heavy atom. The molecule has 4 rings (SSSR count). The fourth-order valence-corrected chi connectivity index (χ4v) is 5.01. The van der Waals surface area contributed by atoms with Gasteiger partial charge in [0.1, 0.15) is 5.92 Å². The van der Waals surface area contributed by atoms with E-state index in [-0.39, 0.29) is 17.3 Å². The molecule has 2 aromatic rings. The number of aromatic nitrogens is 1. The van der Waals surface area contributed by atoms with Gasteiger partial charge in [-0.05, 0) is 55.7 Å². The Balaban J connectivity index is 1.97. The highest BCUT2D eigenvalue weighted by Gasteiger charge is 2.42. The summed E-state index contributed by atoms with van der Waals surface area (Å²) in [5, 5.41) is 0.592. The van der Waals surface area contributed by atoms with Crippen molar-refractivity contribution < 1.29 is 9.53 Å². The summed E-state index contributed by atoms with van der Waals surface area (Å²) in [6.45, 7) is 8.47. The molecule has 0 spiro atoms. The fourth-order valence-electron chi connectivity index (χ4n) is 4.76. The Morgan fingerprint density at radius 2 is 2.07 bits per heavy atom. The minimum absolute atomic E-state index is 0.158. The van der Waals surface area contributed by atoms with Gasteiger partial charge in [0.25, 0.3) is 0 Å². The van der Waals surface area contributed by atoms with E-state index in [4.69, 9.17) is 32.0 Å². The van der Waals surface area contributed by atoms with Crippen molar-refractivity contribution >= 4 is 34.8 Å². The van der Waals surface area contributed by atoms with Gasteiger partial charge in [0.05, 0.1) is 6.61 Å². The number of nitrogen functional groups attached to an aromatic ring is 1. The van der Waals surface area contributed by atoms with Gasteiger partial charge >= 0.3 is 5.97 Å². The minimum atomic E-state index is -0.587. The fraction of sp³-hybridized carbons (Fsp3) is 0.458. The van der Waals surface area contributed by atoms with Crippen molar-refractivity contribution in [1.82, 2.24) is 4.98 Å². The molecular formula is C24H28ClN3O2. The number of benzene rings is 1. The summed E-state index contributed by atoms with van der Waals surface area (Å²) in [4.78, 5) is 22.6. The van der Waals surface area contributed by atoms with E-state index in [1.54, 1.807) is 6.92 Å². The second-order valence-electron chi connectivity index (χ2n) is 9.01. The molecule has 1 aliphatic carbocycles. The van der Waals surface area contributed by atoms with Crippen molar-refractivity contribution in [1.29, 1.82) is 0 Å². The van der Waals surface area contributed by atoms with Gasteiger partial charge in [0.15, 0.2) is 5.82 Å². The average Bonchev–Trinajstić information content (AvgIpc) is 2.68. The van der Waals surface area contributed by atoms with Gasteiger partial charge < -0.3 is 10.5 Å². The molecule has 5 nitrogen and oxygen atoms in total. The molecule has 2 atom stereocenters. The van der Waals surface area contributed by atoms with E-state index in [1.165, 1.54) is 0 Å². The molecule has 2 N–H and O–H groups in total. The SMILES string of the molecule is CCOC(=O)C1C(C)=Nc2nc3c(c(N)c2C1c1ccccc1Cl)CC(C)(C)CC3. The number of nitrogens with two attached hydrogens (primary N) is 1. The number of aliphatic imine (C=N–C) groups is 1. The van der Waals surface area contributed by atoms with Crippen LogP contribution in [0.3, 0.4) is 0 Å². The lowest BCUT2D eigenvalue weighted by Crippen LogP contribution is -2.35. The van der Waals surface area contributed by atoms with Crippen LogP contribution in [0.25, 0.3) is 0 Å². The molecule has 0 saturated carbocycles. The zero-order chi connectivity index (χ0) is 21.6. The van der Waals surface area contributed by atoms with E-state index >= 15 is 0 Å². The highest BCUT2D eigenvalue weighted by atomic mass is 35.5. The number of halogens is 1. The quantitative estimate of drug-likeness (QED) is 0.681. The number of hydrogen-bond acceptors (Lipinski definition) is 5. The zero-order valence-corrected chi connectivity index (χ0v) is 18.7. The van der Waals surface area contributed by atoms with Gasteiger partial charge in [0.2, 0.25) is 0 Å². The van der Waals surface area contributed by atoms with E-state index in [2.05, 4.69) is 13.8 Å². The molecule has 0 bridgehead atoms. The first-order chi connectivity index (χ1) is 14.2. The Hall–Kier alpha value is -2.40. The van der Waals surface area contributed by atoms with Crippen molar-refractivity contribution in [2.24, 2.45) is 16.3 Å². The lowest BCUT2D eigenvalue weighted by molar-refractivity contribution is -0.146. The highest BCUT2D eigenvalue weighted by Crippen LogP contribution is 2.49. The van der Waals surface area contributed by atoms with Crippen molar-refractivity contribution in [3.05, 3.63) is 51.7 Å². The first-order valence-corrected chi connectivity index (χ1v) is 10.9. The molecule has 0 amide bonds. The van der Waals surface area contributed by atoms with Gasteiger partial charge in [-0.2, -0.15) is 0 Å². The maximum atomic E-state index is 13.0. The van der Waals surface area contributed by atoms with Crippen LogP contribution in [-0.4, -0.2) is 23.3 Å². The number of esters is 1. The number of pyridine rings is 1. The molecule has 1 aromatic heterocycles. The number of hydrogen-bond donors (Lipinski definition) is 1. The van der Waals surface area contributed by atoms with Crippen molar-refractivity contribution in [2.75, 3.05) is 12.3 Å². The van der Waals surface area contributed by atoms with Gasteiger partial charge in [-0.25, -0.2) is 9.98 Å². The van der Waals surface area contributed by atoms with E-state index in [0.29, 0.717) is 28.8 Å². The van der Waals surface area contributed by atoms with Gasteiger partial charge in [-0.3, -0.25) is 4.79 Å². The van der Waals surface area contributed by atoms with Crippen LogP contribution in [0.4, 0.5) is 11.5 Å². The van der Waals surface area contributed by atoms with E-state index in [9.17, 15) is 4.79 Å². The van der Waals surface area contributed by atoms with Crippen molar-refractivity contribution in [2.45, 2.75) is 52.9 Å². The molecule has 2 aliphatic rings. The third-order valence-corrected chi connectivity index (χ3v) is 6.64. The molecule has 30 heavy (non-hydrogen) atoms. The lowest BCUT2D eigenvalue weighted by Gasteiger charge is -2.36. The number of aryl methyl sites for hydroxylation is 1. The molecule has 0 saturated heterocycles. The summed E-state index contributed by atoms with van der Waals surface area (Å²) in [6, 6.07) is 7.59. The van der Waals surface area contributed by atoms with Gasteiger partial charge in [-0.1, -0.05) is 43.6 Å². The van der Waals surface area contributed by atoms with Crippen LogP contribution in [0.15, 0.2) is 29.3 Å². The topological polar surface area (TPSA) is 77.6 Å². The van der Waals surface area contributed by atoms with Crippen LogP contribution in [0.5, 0.6) is 0 Å². The number of ether oxygens (including phenoxy) is 1. The highest BCUT2D eigenvalue weighted by molar-refractivity contribution is 6.31. The molecule has 158 valence electrons. The van der Waals surface area contributed by atoms with Gasteiger partial charge in [0, 0.05) is 33.6 Å². The second kappa shape index (κ2) is 7.69. The number of fused-ring (bicyclic) bond motifs is 2. The summed E-state index contributed by atoms with van der Waals surface area (Å²) in [7, 11) is 0. The molecule has 6 heteroatoms. The molecule has 1 aromatic carbocycles. The smallest absolute Gasteiger partial charge is 0.315 e. The van der Waals surface area contributed by atoms with Crippen molar-refractivity contribution in [3.8, 4) is 0 Å². The average molecular weight is 426 g/mol. The molecule has 2 heterocycles. The monoisotopic (exact) mass is 425 g/mol. The van der Waals surface area contributed by atoms with E-state index in [0.717, 1.165) is 41.6 Å². The normalized spacial score (nSPS) is 22.0. The van der Waals surface area contributed by atoms with Crippen molar-refractivity contribution in [3.63, 3.8) is 0 Å². The standard InChI is InChI=1S/C24H28ClN3O2/c1-5-30-23(29)18-13(2)27-22-20(19(18)14-8-6-7-9-16(14)25)21(26)15-12-24(3,4)11-10-17(15)28-22/h6-9,18-19H,5,10-12H2,1-4H3,(H2,26,28). The van der Waals surface area contributed by atoms with Crippen LogP contribution in [0, 0.1) is 11.3 Å². The minimum Gasteiger partial charge on any atom is -0.465 e. The summed E-state index contributed by atoms with van der Waals surface area (Å²) in [5.41, 5.74) is 12.1. The number of carbonyl (C=O) groups excluding carboxylic acids is 1. The molecule has 0 fully saturated rings. The number of nitrogens with zero attached hydrogens (tertiary/aromatic N) is 2. The number of anilines is 1. The summed E-state index contributed by atoms with van der Waals surface area (Å²) in [5.74, 6) is -0.676. The molecule has 1 aliphatic heterocycles. The summed E-state index contributed by atoms with van der Waals surface area (Å²) in [6.07, 6.45) is 2.80. The Morgan fingerprint density at radius 1 is 1.33 bits per heavy atom. The van der Waals surface area contributed by atoms with Crippen LogP contribution in [0.2, 0.25) is 5.02 Å². The maximum Gasteiger partial charge on any atom is 0.315 e. The maximum absolute atomic E-state index is 13.0. The number of carbonyl (C=O) groups is 1. The Bertz CT molecular complexity index is 1040. The first-order valence-electron chi connectivity index (χ1n) is 10.5. The third-order valence-electron chi connectivity index (χ3n) is 6.30.